The van der Waals surface area contributed by atoms with Crippen LogP contribution < -0.4 is 14.4 Å². The number of hydrogen-bond acceptors (Lipinski definition) is 9. The van der Waals surface area contributed by atoms with Crippen LogP contribution in [0.15, 0.2) is 54.1 Å². The van der Waals surface area contributed by atoms with Crippen LogP contribution in [0.1, 0.15) is 32.5 Å². The number of para-hydroxylation sites is 1. The number of aryl methyl sites for hydroxylation is 1. The minimum atomic E-state index is -1.10. The number of rotatable bonds is 6. The van der Waals surface area contributed by atoms with Crippen molar-refractivity contribution in [2.75, 3.05) is 26.2 Å². The third-order valence-electron chi connectivity index (χ3n) is 5.58. The lowest BCUT2D eigenvalue weighted by Gasteiger charge is -2.25. The molecule has 2 aromatic carbocycles. The maximum absolute atomic E-state index is 13.4. The van der Waals surface area contributed by atoms with Gasteiger partial charge in [0.1, 0.15) is 16.7 Å². The summed E-state index contributed by atoms with van der Waals surface area (Å²) in [7, 11) is 4.15. The van der Waals surface area contributed by atoms with E-state index in [1.807, 2.05) is 0 Å². The van der Waals surface area contributed by atoms with Gasteiger partial charge in [0.15, 0.2) is 16.6 Å². The summed E-state index contributed by atoms with van der Waals surface area (Å²) in [5, 5.41) is 11.3. The second-order valence-corrected chi connectivity index (χ2v) is 8.50. The van der Waals surface area contributed by atoms with E-state index in [4.69, 9.17) is 14.2 Å². The second-order valence-electron chi connectivity index (χ2n) is 7.52. The van der Waals surface area contributed by atoms with Crippen molar-refractivity contribution in [1.29, 1.82) is 0 Å². The fraction of sp³-hybridized carbons (Fsp3) is 0.200. The summed E-state index contributed by atoms with van der Waals surface area (Å²) < 4.78 is 15.8. The van der Waals surface area contributed by atoms with Crippen molar-refractivity contribution in [2.45, 2.75) is 13.0 Å². The molecule has 1 aliphatic heterocycles. The Bertz CT molecular complexity index is 1350. The summed E-state index contributed by atoms with van der Waals surface area (Å²) in [6, 6.07) is 12.4. The Kier molecular flexibility index (Phi) is 6.57. The van der Waals surface area contributed by atoms with E-state index in [0.29, 0.717) is 22.6 Å². The van der Waals surface area contributed by atoms with Gasteiger partial charge in [0.25, 0.3) is 5.78 Å². The molecule has 1 aliphatic rings. The van der Waals surface area contributed by atoms with E-state index in [2.05, 4.69) is 4.98 Å². The number of amides is 1. The zero-order chi connectivity index (χ0) is 25.3. The topological polar surface area (TPSA) is 115 Å². The van der Waals surface area contributed by atoms with Crippen LogP contribution in [-0.4, -0.2) is 49.1 Å². The molecule has 1 fully saturated rings. The highest BCUT2D eigenvalue weighted by molar-refractivity contribution is 7.17. The number of aliphatic hydroxyl groups excluding tert-OH is 1. The van der Waals surface area contributed by atoms with Gasteiger partial charge in [-0.25, -0.2) is 9.78 Å². The lowest BCUT2D eigenvalue weighted by atomic mass is 9.94. The van der Waals surface area contributed by atoms with Gasteiger partial charge in [-0.1, -0.05) is 53.8 Å². The van der Waals surface area contributed by atoms with Gasteiger partial charge in [0.2, 0.25) is 0 Å². The monoisotopic (exact) mass is 494 g/mol. The zero-order valence-corrected chi connectivity index (χ0v) is 20.2. The summed E-state index contributed by atoms with van der Waals surface area (Å²) in [5.74, 6) is -2.09. The molecule has 10 heteroatoms. The predicted octanol–water partition coefficient (Wildman–Crippen LogP) is 3.88. The summed E-state index contributed by atoms with van der Waals surface area (Å²) in [6.45, 7) is 1.61. The van der Waals surface area contributed by atoms with Gasteiger partial charge >= 0.3 is 11.9 Å². The number of methoxy groups -OCH3 is 3. The van der Waals surface area contributed by atoms with Crippen molar-refractivity contribution >= 4 is 39.9 Å². The highest BCUT2D eigenvalue weighted by atomic mass is 32.1. The van der Waals surface area contributed by atoms with Crippen molar-refractivity contribution < 1.29 is 33.7 Å². The molecule has 1 atom stereocenters. The van der Waals surface area contributed by atoms with E-state index in [1.54, 1.807) is 55.5 Å². The number of aliphatic hydroxyl groups is 1. The highest BCUT2D eigenvalue weighted by Gasteiger charge is 2.49. The van der Waals surface area contributed by atoms with Crippen LogP contribution in [0.25, 0.3) is 5.76 Å². The third-order valence-corrected chi connectivity index (χ3v) is 6.72. The Morgan fingerprint density at radius 3 is 2.37 bits per heavy atom. The predicted molar refractivity (Wildman–Crippen MR) is 129 cm³/mol. The van der Waals surface area contributed by atoms with Gasteiger partial charge in [0.05, 0.1) is 32.6 Å². The minimum absolute atomic E-state index is 0.104. The molecule has 0 aliphatic carbocycles. The van der Waals surface area contributed by atoms with Gasteiger partial charge < -0.3 is 19.3 Å². The maximum Gasteiger partial charge on any atom is 0.350 e. The summed E-state index contributed by atoms with van der Waals surface area (Å²) >= 11 is 0.918. The van der Waals surface area contributed by atoms with Crippen molar-refractivity contribution in [3.63, 3.8) is 0 Å². The van der Waals surface area contributed by atoms with Crippen molar-refractivity contribution in [1.82, 2.24) is 4.98 Å². The molecule has 0 bridgehead atoms. The molecule has 0 unspecified atom stereocenters. The Hall–Kier alpha value is -4.18. The Morgan fingerprint density at radius 1 is 1.03 bits per heavy atom. The standard InChI is InChI=1S/C25H22N2O7S/c1-13-22(24(31)34-4)35-25(26-13)27-18(15-11-8-12-16(32-2)21(15)33-3)17(20(29)23(27)30)19(28)14-9-6-5-7-10-14/h5-12,18,28H,1-4H3/b19-17+/t18-/m0/s1. The number of anilines is 1. The Labute approximate surface area is 205 Å². The summed E-state index contributed by atoms with van der Waals surface area (Å²) in [5.41, 5.74) is 0.970. The molecule has 0 spiro atoms. The molecule has 0 radical (unpaired) electrons. The fourth-order valence-corrected chi connectivity index (χ4v) is 4.98. The van der Waals surface area contributed by atoms with Gasteiger partial charge in [-0.15, -0.1) is 0 Å². The van der Waals surface area contributed by atoms with Crippen LogP contribution in [0.4, 0.5) is 5.13 Å². The smallest absolute Gasteiger partial charge is 0.350 e. The number of benzene rings is 2. The molecular formula is C25H22N2O7S. The van der Waals surface area contributed by atoms with E-state index < -0.39 is 23.7 Å². The van der Waals surface area contributed by atoms with Gasteiger partial charge in [-0.05, 0) is 13.0 Å². The molecular weight excluding hydrogens is 472 g/mol. The number of ketones is 1. The first-order valence-electron chi connectivity index (χ1n) is 10.5. The van der Waals surface area contributed by atoms with Gasteiger partial charge in [-0.2, -0.15) is 0 Å². The van der Waals surface area contributed by atoms with Crippen molar-refractivity contribution in [3.05, 3.63) is 75.8 Å². The zero-order valence-electron chi connectivity index (χ0n) is 19.4. The number of carbonyl (C=O) groups excluding carboxylic acids is 3. The second kappa shape index (κ2) is 9.59. The molecule has 0 saturated carbocycles. The number of carbonyl (C=O) groups is 3. The lowest BCUT2D eigenvalue weighted by molar-refractivity contribution is -0.132. The molecule has 3 aromatic rings. The number of thiazole rings is 1. The van der Waals surface area contributed by atoms with E-state index in [-0.39, 0.29) is 27.1 Å². The normalized spacial score (nSPS) is 16.9. The van der Waals surface area contributed by atoms with Crippen LogP contribution in [0.5, 0.6) is 11.5 Å². The third kappa shape index (κ3) is 4.01. The maximum atomic E-state index is 13.4. The largest absolute Gasteiger partial charge is 0.507 e. The molecule has 180 valence electrons. The molecule has 1 aromatic heterocycles. The van der Waals surface area contributed by atoms with Crippen molar-refractivity contribution in [3.8, 4) is 11.5 Å². The Morgan fingerprint density at radius 2 is 1.74 bits per heavy atom. The van der Waals surface area contributed by atoms with E-state index in [9.17, 15) is 19.5 Å². The van der Waals surface area contributed by atoms with Crippen LogP contribution in [0.2, 0.25) is 0 Å². The van der Waals surface area contributed by atoms with Crippen molar-refractivity contribution in [2.24, 2.45) is 0 Å². The summed E-state index contributed by atoms with van der Waals surface area (Å²) in [6.07, 6.45) is 0. The first-order chi connectivity index (χ1) is 16.8. The number of nitrogens with zero attached hydrogens (tertiary/aromatic N) is 2. The van der Waals surface area contributed by atoms with Gasteiger partial charge in [0, 0.05) is 11.1 Å². The van der Waals surface area contributed by atoms with E-state index in [1.165, 1.54) is 21.3 Å². The van der Waals surface area contributed by atoms with Crippen LogP contribution in [0.3, 0.4) is 0 Å². The quantitative estimate of drug-likeness (QED) is 0.238. The first kappa shape index (κ1) is 24.0. The fourth-order valence-electron chi connectivity index (χ4n) is 3.97. The minimum Gasteiger partial charge on any atom is -0.507 e. The molecule has 1 amide bonds. The Balaban J connectivity index is 2.01. The number of hydrogen-bond donors (Lipinski definition) is 1. The molecule has 4 rings (SSSR count). The van der Waals surface area contributed by atoms with Crippen LogP contribution >= 0.6 is 11.3 Å². The SMILES string of the molecule is COC(=O)c1sc(N2C(=O)C(=O)/C(=C(/O)c3ccccc3)[C@@H]2c2cccc(OC)c2OC)nc1C. The lowest BCUT2D eigenvalue weighted by Crippen LogP contribution is -2.29. The number of aromatic nitrogens is 1. The number of Topliss-reactive ketones (excluding diaryl/α,β-unsaturated/α-hetero) is 1. The first-order valence-corrected chi connectivity index (χ1v) is 11.3. The molecule has 35 heavy (non-hydrogen) atoms. The van der Waals surface area contributed by atoms with E-state index in [0.717, 1.165) is 16.2 Å². The number of ether oxygens (including phenoxy) is 3. The van der Waals surface area contributed by atoms with E-state index >= 15 is 0 Å². The average molecular weight is 495 g/mol. The molecule has 9 nitrogen and oxygen atoms in total. The van der Waals surface area contributed by atoms with Crippen LogP contribution in [0, 0.1) is 6.92 Å². The molecule has 1 N–H and O–H groups in total. The highest BCUT2D eigenvalue weighted by Crippen LogP contribution is 2.48. The van der Waals surface area contributed by atoms with Gasteiger partial charge in [-0.3, -0.25) is 14.5 Å². The number of esters is 1. The average Bonchev–Trinajstić information content (AvgIpc) is 3.39. The van der Waals surface area contributed by atoms with Crippen LogP contribution in [-0.2, 0) is 14.3 Å². The summed E-state index contributed by atoms with van der Waals surface area (Å²) in [4.78, 5) is 44.6. The molecule has 1 saturated heterocycles. The molecule has 2 heterocycles.